The Hall–Kier alpha value is -3.75. The summed E-state index contributed by atoms with van der Waals surface area (Å²) in [5.41, 5.74) is -2.31. The fraction of sp³-hybridized carbons (Fsp3) is 0. The highest BCUT2D eigenvalue weighted by Gasteiger charge is 2.22. The molecule has 180 valence electrons. The monoisotopic (exact) mass is 580 g/mol. The van der Waals surface area contributed by atoms with Gasteiger partial charge in [0.2, 0.25) is 0 Å². The molecule has 4 rings (SSSR count). The molecule has 0 bridgehead atoms. The maximum absolute atomic E-state index is 12.7. The molecule has 35 heavy (non-hydrogen) atoms. The molecule has 0 radical (unpaired) electrons. The zero-order chi connectivity index (χ0) is 25.4. The molecule has 11 nitrogen and oxygen atoms in total. The molecular weight excluding hydrogens is 568 g/mol. The highest BCUT2D eigenvalue weighted by Crippen LogP contribution is 2.30. The first-order chi connectivity index (χ1) is 16.5. The molecule has 0 aliphatic carbocycles. The molecule has 0 aliphatic rings. The lowest BCUT2D eigenvalue weighted by Gasteiger charge is -2.11. The van der Waals surface area contributed by atoms with Crippen LogP contribution in [-0.4, -0.2) is 21.8 Å². The molecule has 1 aromatic heterocycles. The van der Waals surface area contributed by atoms with E-state index < -0.39 is 47.0 Å². The normalized spacial score (nSPS) is 11.8. The summed E-state index contributed by atoms with van der Waals surface area (Å²) >= 11 is 3.18. The Morgan fingerprint density at radius 3 is 2.31 bits per heavy atom. The van der Waals surface area contributed by atoms with Crippen molar-refractivity contribution in [3.8, 4) is 5.75 Å². The van der Waals surface area contributed by atoms with E-state index in [1.165, 1.54) is 42.5 Å². The van der Waals surface area contributed by atoms with E-state index in [0.717, 1.165) is 24.3 Å². The molecule has 0 fully saturated rings. The lowest BCUT2D eigenvalue weighted by atomic mass is 10.2. The number of nitro benzene ring substituents is 1. The number of sulfonamides is 1. The van der Waals surface area contributed by atoms with Crippen molar-refractivity contribution >= 4 is 58.4 Å². The zero-order valence-electron chi connectivity index (χ0n) is 17.2. The molecular formula is C21H13BrN2O9S2. The summed E-state index contributed by atoms with van der Waals surface area (Å²) in [6, 6.07) is 15.3. The van der Waals surface area contributed by atoms with E-state index in [0.29, 0.717) is 4.47 Å². The summed E-state index contributed by atoms with van der Waals surface area (Å²) in [5.74, 6) is -0.285. The van der Waals surface area contributed by atoms with E-state index in [4.69, 9.17) is 8.60 Å². The minimum absolute atomic E-state index is 0.146. The van der Waals surface area contributed by atoms with E-state index >= 15 is 0 Å². The van der Waals surface area contributed by atoms with E-state index in [9.17, 15) is 31.7 Å². The van der Waals surface area contributed by atoms with Gasteiger partial charge in [-0.15, -0.1) is 0 Å². The molecule has 0 saturated heterocycles. The van der Waals surface area contributed by atoms with Gasteiger partial charge >= 0.3 is 15.7 Å². The summed E-state index contributed by atoms with van der Waals surface area (Å²) < 4.78 is 63.6. The third-order valence-corrected chi connectivity index (χ3v) is 7.68. The fourth-order valence-corrected chi connectivity index (χ4v) is 5.63. The number of nitrogens with one attached hydrogen (secondary N) is 1. The van der Waals surface area contributed by atoms with Crippen LogP contribution in [0.1, 0.15) is 0 Å². The van der Waals surface area contributed by atoms with Crippen LogP contribution >= 0.6 is 15.9 Å². The number of non-ortho nitro benzene ring substituents is 1. The van der Waals surface area contributed by atoms with Crippen molar-refractivity contribution in [3.05, 3.63) is 97.8 Å². The average Bonchev–Trinajstić information content (AvgIpc) is 2.80. The van der Waals surface area contributed by atoms with Crippen molar-refractivity contribution < 1.29 is 30.4 Å². The summed E-state index contributed by atoms with van der Waals surface area (Å²) in [6.07, 6.45) is 0. The van der Waals surface area contributed by atoms with Crippen LogP contribution < -0.4 is 14.5 Å². The van der Waals surface area contributed by atoms with Gasteiger partial charge in [0, 0.05) is 22.0 Å². The van der Waals surface area contributed by atoms with Gasteiger partial charge in [-0.05, 0) is 36.4 Å². The first-order valence-corrected chi connectivity index (χ1v) is 13.2. The van der Waals surface area contributed by atoms with Crippen LogP contribution in [0.2, 0.25) is 0 Å². The number of fused-ring (bicyclic) bond motifs is 1. The Balaban J connectivity index is 1.71. The molecule has 0 aliphatic heterocycles. The minimum Gasteiger partial charge on any atom is -0.417 e. The highest BCUT2D eigenvalue weighted by molar-refractivity contribution is 9.10. The fourth-order valence-electron chi connectivity index (χ4n) is 3.01. The number of nitrogens with zero attached hydrogens (tertiary/aromatic N) is 1. The van der Waals surface area contributed by atoms with Gasteiger partial charge in [0.05, 0.1) is 9.82 Å². The zero-order valence-corrected chi connectivity index (χ0v) is 20.5. The van der Waals surface area contributed by atoms with Crippen LogP contribution in [0.15, 0.2) is 96.3 Å². The van der Waals surface area contributed by atoms with Crippen molar-refractivity contribution in [1.29, 1.82) is 0 Å². The number of nitro groups is 1. The van der Waals surface area contributed by atoms with Crippen LogP contribution in [0.25, 0.3) is 11.0 Å². The van der Waals surface area contributed by atoms with Crippen LogP contribution in [-0.2, 0) is 20.1 Å². The topological polar surface area (TPSA) is 163 Å². The van der Waals surface area contributed by atoms with Crippen molar-refractivity contribution in [1.82, 2.24) is 0 Å². The van der Waals surface area contributed by atoms with Crippen molar-refractivity contribution in [3.63, 3.8) is 0 Å². The first-order valence-electron chi connectivity index (χ1n) is 9.50. The maximum atomic E-state index is 12.7. The first kappa shape index (κ1) is 24.4. The van der Waals surface area contributed by atoms with Gasteiger partial charge < -0.3 is 8.60 Å². The highest BCUT2D eigenvalue weighted by atomic mass is 79.9. The number of halogens is 1. The second-order valence-electron chi connectivity index (χ2n) is 6.98. The Morgan fingerprint density at radius 1 is 0.914 bits per heavy atom. The molecule has 14 heteroatoms. The Bertz CT molecular complexity index is 1750. The number of rotatable bonds is 7. The predicted molar refractivity (Wildman–Crippen MR) is 128 cm³/mol. The third-order valence-electron chi connectivity index (χ3n) is 4.59. The molecule has 0 spiro atoms. The van der Waals surface area contributed by atoms with Gasteiger partial charge in [-0.1, -0.05) is 40.2 Å². The van der Waals surface area contributed by atoms with E-state index in [2.05, 4.69) is 15.9 Å². The van der Waals surface area contributed by atoms with Crippen LogP contribution in [0, 0.1) is 10.1 Å². The molecule has 0 saturated carbocycles. The van der Waals surface area contributed by atoms with Gasteiger partial charge in [0.25, 0.3) is 15.7 Å². The number of hydrogen-bond acceptors (Lipinski definition) is 9. The summed E-state index contributed by atoms with van der Waals surface area (Å²) in [4.78, 5) is 22.1. The van der Waals surface area contributed by atoms with Crippen LogP contribution in [0.5, 0.6) is 5.75 Å². The SMILES string of the molecule is O=c1oc2c(OS(=O)(=O)c3cccc(Br)c3)cccc2cc1NS(=O)(=O)c1cccc([N+](=O)[O-])c1. The summed E-state index contributed by atoms with van der Waals surface area (Å²) in [5, 5.41) is 11.1. The number of para-hydroxylation sites is 1. The molecule has 0 atom stereocenters. The van der Waals surface area contributed by atoms with Gasteiger partial charge in [0.15, 0.2) is 11.3 Å². The minimum atomic E-state index is -4.39. The molecule has 0 unspecified atom stereocenters. The summed E-state index contributed by atoms with van der Waals surface area (Å²) in [6.45, 7) is 0. The Kier molecular flexibility index (Phi) is 6.36. The van der Waals surface area contributed by atoms with E-state index in [-0.39, 0.29) is 21.6 Å². The molecule has 4 aromatic rings. The molecule has 1 N–H and O–H groups in total. The molecule has 1 heterocycles. The molecule has 0 amide bonds. The maximum Gasteiger partial charge on any atom is 0.360 e. The van der Waals surface area contributed by atoms with Crippen LogP contribution in [0.4, 0.5) is 11.4 Å². The average molecular weight is 581 g/mol. The summed E-state index contributed by atoms with van der Waals surface area (Å²) in [7, 11) is -8.67. The standard InChI is InChI=1S/C21H13BrN2O9S2/c22-14-5-2-8-17(11-14)35(30,31)33-19-9-1-4-13-10-18(21(25)32-20(13)19)23-34(28,29)16-7-3-6-15(12-16)24(26)27/h1-12,23H. The van der Waals surface area contributed by atoms with Gasteiger partial charge in [-0.3, -0.25) is 14.8 Å². The van der Waals surface area contributed by atoms with Gasteiger partial charge in [-0.25, -0.2) is 13.2 Å². The van der Waals surface area contributed by atoms with Crippen molar-refractivity contribution in [2.45, 2.75) is 9.79 Å². The van der Waals surface area contributed by atoms with E-state index in [1.54, 1.807) is 6.07 Å². The van der Waals surface area contributed by atoms with E-state index in [1.807, 2.05) is 4.72 Å². The number of anilines is 1. The number of hydrogen-bond donors (Lipinski definition) is 1. The van der Waals surface area contributed by atoms with Crippen molar-refractivity contribution in [2.24, 2.45) is 0 Å². The second-order valence-corrected chi connectivity index (χ2v) is 11.1. The van der Waals surface area contributed by atoms with Gasteiger partial charge in [-0.2, -0.15) is 8.42 Å². The quantitative estimate of drug-likeness (QED) is 0.147. The predicted octanol–water partition coefficient (Wildman–Crippen LogP) is 4.03. The Morgan fingerprint density at radius 2 is 1.60 bits per heavy atom. The number of benzene rings is 3. The van der Waals surface area contributed by atoms with Gasteiger partial charge in [0.1, 0.15) is 10.6 Å². The van der Waals surface area contributed by atoms with Crippen molar-refractivity contribution in [2.75, 3.05) is 4.72 Å². The van der Waals surface area contributed by atoms with Crippen LogP contribution in [0.3, 0.4) is 0 Å². The smallest absolute Gasteiger partial charge is 0.360 e. The Labute approximate surface area is 206 Å². The second kappa shape index (κ2) is 9.13. The lowest BCUT2D eigenvalue weighted by molar-refractivity contribution is -0.385. The largest absolute Gasteiger partial charge is 0.417 e. The lowest BCUT2D eigenvalue weighted by Crippen LogP contribution is -2.18. The third kappa shape index (κ3) is 5.18. The molecule has 3 aromatic carbocycles.